The maximum atomic E-state index is 12.9. The lowest BCUT2D eigenvalue weighted by molar-refractivity contribution is -0.137. The number of carbonyl (C=O) groups excluding carboxylic acids is 1. The minimum atomic E-state index is -4.49. The van der Waals surface area contributed by atoms with Gasteiger partial charge in [-0.25, -0.2) is 4.39 Å². The maximum Gasteiger partial charge on any atom is 0.417 e. The molecule has 1 aromatic carbocycles. The number of thioether (sulfide) groups is 1. The van der Waals surface area contributed by atoms with Crippen LogP contribution >= 0.6 is 11.8 Å². The molecule has 9 heteroatoms. The average molecular weight is 369 g/mol. The number of ketones is 1. The summed E-state index contributed by atoms with van der Waals surface area (Å²) >= 11 is 0.985. The Morgan fingerprint density at radius 2 is 1.80 bits per heavy atom. The van der Waals surface area contributed by atoms with Gasteiger partial charge in [0.2, 0.25) is 0 Å². The van der Waals surface area contributed by atoms with Gasteiger partial charge in [-0.2, -0.15) is 13.2 Å². The number of alkyl halides is 3. The Balaban J connectivity index is 1.86. The number of Topliss-reactive ketones (excluding diaryl/α,β-unsaturated/α-hetero) is 1. The van der Waals surface area contributed by atoms with Crippen LogP contribution in [0.2, 0.25) is 0 Å². The molecule has 4 nitrogen and oxygen atoms in total. The smallest absolute Gasteiger partial charge is 0.293 e. The summed E-state index contributed by atoms with van der Waals surface area (Å²) in [5, 5.41) is 7.19. The number of pyridine rings is 1. The highest BCUT2D eigenvalue weighted by molar-refractivity contribution is 8.00. The standard InChI is InChI=1S/C16H11F4N3OS/c1-9(14(24)10-2-5-12(17)6-3-10)25-15-22-21-13-7-4-11(8-23(13)15)16(18,19)20/h2-9H,1H3. The fraction of sp³-hybridized carbons (Fsp3) is 0.188. The minimum absolute atomic E-state index is 0.170. The van der Waals surface area contributed by atoms with Crippen molar-refractivity contribution < 1.29 is 22.4 Å². The van der Waals surface area contributed by atoms with E-state index in [1.165, 1.54) is 34.7 Å². The van der Waals surface area contributed by atoms with Gasteiger partial charge in [0.25, 0.3) is 0 Å². The lowest BCUT2D eigenvalue weighted by Crippen LogP contribution is -2.14. The van der Waals surface area contributed by atoms with E-state index >= 15 is 0 Å². The summed E-state index contributed by atoms with van der Waals surface area (Å²) in [5.41, 5.74) is -0.276. The summed E-state index contributed by atoms with van der Waals surface area (Å²) < 4.78 is 52.7. The Labute approximate surface area is 143 Å². The van der Waals surface area contributed by atoms with Crippen molar-refractivity contribution in [2.45, 2.75) is 23.5 Å². The molecule has 1 atom stereocenters. The third kappa shape index (κ3) is 3.65. The zero-order valence-electron chi connectivity index (χ0n) is 12.8. The van der Waals surface area contributed by atoms with Crippen LogP contribution in [0.5, 0.6) is 0 Å². The van der Waals surface area contributed by atoms with Crippen molar-refractivity contribution in [3.05, 3.63) is 59.5 Å². The van der Waals surface area contributed by atoms with E-state index in [0.717, 1.165) is 24.0 Å². The SMILES string of the molecule is CC(Sc1nnc2ccc(C(F)(F)F)cn12)C(=O)c1ccc(F)cc1. The molecule has 0 aliphatic heterocycles. The predicted octanol–water partition coefficient (Wildman–Crippen LogP) is 4.25. The van der Waals surface area contributed by atoms with Gasteiger partial charge in [0, 0.05) is 11.8 Å². The van der Waals surface area contributed by atoms with Crippen molar-refractivity contribution >= 4 is 23.2 Å². The van der Waals surface area contributed by atoms with Gasteiger partial charge in [0.15, 0.2) is 16.6 Å². The molecule has 0 fully saturated rings. The molecule has 0 amide bonds. The lowest BCUT2D eigenvalue weighted by atomic mass is 10.1. The van der Waals surface area contributed by atoms with E-state index in [1.807, 2.05) is 0 Å². The van der Waals surface area contributed by atoms with E-state index in [0.29, 0.717) is 5.56 Å². The van der Waals surface area contributed by atoms with Crippen LogP contribution < -0.4 is 0 Å². The van der Waals surface area contributed by atoms with Gasteiger partial charge >= 0.3 is 6.18 Å². The third-order valence-electron chi connectivity index (χ3n) is 3.48. The Kier molecular flexibility index (Phi) is 4.51. The average Bonchev–Trinajstić information content (AvgIpc) is 2.96. The van der Waals surface area contributed by atoms with Gasteiger partial charge in [-0.15, -0.1) is 10.2 Å². The van der Waals surface area contributed by atoms with Crippen molar-refractivity contribution in [3.8, 4) is 0 Å². The first kappa shape index (κ1) is 17.4. The number of hydrogen-bond donors (Lipinski definition) is 0. The van der Waals surface area contributed by atoms with Crippen molar-refractivity contribution in [1.29, 1.82) is 0 Å². The molecular formula is C16H11F4N3OS. The molecule has 3 aromatic rings. The molecule has 0 radical (unpaired) electrons. The van der Waals surface area contributed by atoms with Crippen molar-refractivity contribution in [2.24, 2.45) is 0 Å². The second kappa shape index (κ2) is 6.47. The molecule has 0 bridgehead atoms. The lowest BCUT2D eigenvalue weighted by Gasteiger charge is -2.10. The van der Waals surface area contributed by atoms with Crippen molar-refractivity contribution in [3.63, 3.8) is 0 Å². The van der Waals surface area contributed by atoms with Crippen LogP contribution in [-0.4, -0.2) is 25.6 Å². The summed E-state index contributed by atoms with van der Waals surface area (Å²) in [6.07, 6.45) is -3.59. The Hall–Kier alpha value is -2.42. The molecular weight excluding hydrogens is 358 g/mol. The van der Waals surface area contributed by atoms with E-state index in [2.05, 4.69) is 10.2 Å². The van der Waals surface area contributed by atoms with Crippen LogP contribution in [0, 0.1) is 5.82 Å². The number of aromatic nitrogens is 3. The van der Waals surface area contributed by atoms with Crippen LogP contribution in [0.1, 0.15) is 22.8 Å². The summed E-state index contributed by atoms with van der Waals surface area (Å²) in [5.74, 6) is -0.742. The molecule has 25 heavy (non-hydrogen) atoms. The fourth-order valence-electron chi connectivity index (χ4n) is 2.18. The summed E-state index contributed by atoms with van der Waals surface area (Å²) in [6.45, 7) is 1.60. The topological polar surface area (TPSA) is 47.3 Å². The largest absolute Gasteiger partial charge is 0.417 e. The highest BCUT2D eigenvalue weighted by Crippen LogP contribution is 2.31. The van der Waals surface area contributed by atoms with Gasteiger partial charge in [0.05, 0.1) is 10.8 Å². The number of hydrogen-bond acceptors (Lipinski definition) is 4. The minimum Gasteiger partial charge on any atom is -0.293 e. The third-order valence-corrected chi connectivity index (χ3v) is 4.54. The predicted molar refractivity (Wildman–Crippen MR) is 84.0 cm³/mol. The second-order valence-electron chi connectivity index (χ2n) is 5.26. The number of rotatable bonds is 4. The zero-order valence-corrected chi connectivity index (χ0v) is 13.6. The number of benzene rings is 1. The molecule has 0 spiro atoms. The first-order chi connectivity index (χ1) is 11.8. The normalized spacial score (nSPS) is 13.2. The van der Waals surface area contributed by atoms with Gasteiger partial charge in [-0.05, 0) is 43.3 Å². The Morgan fingerprint density at radius 1 is 1.12 bits per heavy atom. The van der Waals surface area contributed by atoms with E-state index in [-0.39, 0.29) is 16.6 Å². The van der Waals surface area contributed by atoms with E-state index < -0.39 is 22.8 Å². The van der Waals surface area contributed by atoms with Gasteiger partial charge < -0.3 is 0 Å². The molecule has 3 rings (SSSR count). The van der Waals surface area contributed by atoms with Crippen LogP contribution in [0.3, 0.4) is 0 Å². The first-order valence-corrected chi connectivity index (χ1v) is 8.02. The number of nitrogens with zero attached hydrogens (tertiary/aromatic N) is 3. The zero-order chi connectivity index (χ0) is 18.2. The van der Waals surface area contributed by atoms with Gasteiger partial charge in [-0.3, -0.25) is 9.20 Å². The highest BCUT2D eigenvalue weighted by Gasteiger charge is 2.31. The molecule has 1 unspecified atom stereocenters. The maximum absolute atomic E-state index is 12.9. The van der Waals surface area contributed by atoms with E-state index in [1.54, 1.807) is 6.92 Å². The first-order valence-electron chi connectivity index (χ1n) is 7.14. The molecule has 0 saturated heterocycles. The molecule has 0 N–H and O–H groups in total. The number of halogens is 4. The summed E-state index contributed by atoms with van der Waals surface area (Å²) in [4.78, 5) is 12.4. The van der Waals surface area contributed by atoms with Crippen LogP contribution in [-0.2, 0) is 6.18 Å². The monoisotopic (exact) mass is 369 g/mol. The molecule has 130 valence electrons. The Bertz CT molecular complexity index is 921. The quantitative estimate of drug-likeness (QED) is 0.392. The van der Waals surface area contributed by atoms with E-state index in [4.69, 9.17) is 0 Å². The van der Waals surface area contributed by atoms with Crippen molar-refractivity contribution in [2.75, 3.05) is 0 Å². The summed E-state index contributed by atoms with van der Waals surface area (Å²) in [7, 11) is 0. The Morgan fingerprint density at radius 3 is 2.44 bits per heavy atom. The molecule has 0 saturated carbocycles. The number of carbonyl (C=O) groups is 1. The van der Waals surface area contributed by atoms with Crippen molar-refractivity contribution in [1.82, 2.24) is 14.6 Å². The second-order valence-corrected chi connectivity index (χ2v) is 6.57. The van der Waals surface area contributed by atoms with Crippen LogP contribution in [0.25, 0.3) is 5.65 Å². The highest BCUT2D eigenvalue weighted by atomic mass is 32.2. The molecule has 2 aromatic heterocycles. The molecule has 2 heterocycles. The van der Waals surface area contributed by atoms with Gasteiger partial charge in [-0.1, -0.05) is 11.8 Å². The number of fused-ring (bicyclic) bond motifs is 1. The molecule has 0 aliphatic rings. The van der Waals surface area contributed by atoms with Crippen LogP contribution in [0.4, 0.5) is 17.6 Å². The van der Waals surface area contributed by atoms with E-state index in [9.17, 15) is 22.4 Å². The molecule has 0 aliphatic carbocycles. The summed E-state index contributed by atoms with van der Waals surface area (Å²) in [6, 6.07) is 7.20. The fourth-order valence-corrected chi connectivity index (χ4v) is 3.09. The van der Waals surface area contributed by atoms with Crippen LogP contribution in [0.15, 0.2) is 47.8 Å². The van der Waals surface area contributed by atoms with Gasteiger partial charge in [0.1, 0.15) is 5.82 Å².